The van der Waals surface area contributed by atoms with Crippen LogP contribution in [0.25, 0.3) is 0 Å². The second kappa shape index (κ2) is 5.99. The van der Waals surface area contributed by atoms with Gasteiger partial charge in [-0.1, -0.05) is 26.2 Å². The molecule has 2 heteroatoms. The van der Waals surface area contributed by atoms with Crippen LogP contribution in [0.15, 0.2) is 0 Å². The van der Waals surface area contributed by atoms with Crippen molar-refractivity contribution in [2.24, 2.45) is 5.92 Å². The van der Waals surface area contributed by atoms with Gasteiger partial charge in [-0.05, 0) is 39.2 Å². The van der Waals surface area contributed by atoms with Crippen molar-refractivity contribution in [3.8, 4) is 0 Å². The maximum atomic E-state index is 12.2. The first-order valence-electron chi connectivity index (χ1n) is 7.47. The third-order valence-corrected chi connectivity index (χ3v) is 4.82. The zero-order valence-corrected chi connectivity index (χ0v) is 11.5. The number of fused-ring (bicyclic) bond motifs is 2. The van der Waals surface area contributed by atoms with E-state index in [2.05, 4.69) is 18.9 Å². The van der Waals surface area contributed by atoms with Crippen LogP contribution in [0, 0.1) is 5.92 Å². The first-order valence-corrected chi connectivity index (χ1v) is 7.47. The summed E-state index contributed by atoms with van der Waals surface area (Å²) in [5.41, 5.74) is 0. The third-order valence-electron chi connectivity index (χ3n) is 4.82. The Kier molecular flexibility index (Phi) is 4.61. The number of carbonyl (C=O) groups is 1. The molecule has 0 aromatic rings. The molecule has 0 amide bonds. The van der Waals surface area contributed by atoms with Crippen LogP contribution in [0.3, 0.4) is 0 Å². The van der Waals surface area contributed by atoms with Crippen molar-refractivity contribution in [3.05, 3.63) is 0 Å². The van der Waals surface area contributed by atoms with Gasteiger partial charge < -0.3 is 4.90 Å². The lowest BCUT2D eigenvalue weighted by Crippen LogP contribution is -2.51. The fraction of sp³-hybridized carbons (Fsp3) is 0.933. The highest BCUT2D eigenvalue weighted by atomic mass is 16.1. The van der Waals surface area contributed by atoms with Crippen LogP contribution in [0.1, 0.15) is 64.7 Å². The number of carbonyl (C=O) groups excluding carboxylic acids is 1. The number of rotatable bonds is 5. The predicted octanol–water partition coefficient (Wildman–Crippen LogP) is 3.40. The molecule has 98 valence electrons. The summed E-state index contributed by atoms with van der Waals surface area (Å²) >= 11 is 0. The van der Waals surface area contributed by atoms with Crippen LogP contribution in [0.2, 0.25) is 0 Å². The molecule has 0 N–H and O–H groups in total. The highest BCUT2D eigenvalue weighted by Crippen LogP contribution is 2.36. The molecule has 2 saturated heterocycles. The van der Waals surface area contributed by atoms with E-state index < -0.39 is 0 Å². The van der Waals surface area contributed by atoms with Crippen LogP contribution < -0.4 is 0 Å². The number of ketones is 1. The zero-order valence-electron chi connectivity index (χ0n) is 11.5. The van der Waals surface area contributed by atoms with Crippen molar-refractivity contribution < 1.29 is 4.79 Å². The summed E-state index contributed by atoms with van der Waals surface area (Å²) < 4.78 is 0. The molecule has 2 bridgehead atoms. The normalized spacial score (nSPS) is 33.6. The standard InChI is InChI=1S/C15H27NO/c1-3-4-5-9-15(17)12-10-13-7-6-8-14(11-12)16(13)2/h12-14H,3-11H2,1-2H3. The van der Waals surface area contributed by atoms with Gasteiger partial charge in [0.25, 0.3) is 0 Å². The molecule has 2 nitrogen and oxygen atoms in total. The van der Waals surface area contributed by atoms with E-state index in [4.69, 9.17) is 0 Å². The van der Waals surface area contributed by atoms with Gasteiger partial charge in [0.2, 0.25) is 0 Å². The highest BCUT2D eigenvalue weighted by molar-refractivity contribution is 5.81. The molecule has 0 saturated carbocycles. The van der Waals surface area contributed by atoms with Gasteiger partial charge in [0, 0.05) is 24.4 Å². The van der Waals surface area contributed by atoms with E-state index in [1.807, 2.05) is 0 Å². The molecule has 0 aromatic carbocycles. The molecular weight excluding hydrogens is 210 g/mol. The summed E-state index contributed by atoms with van der Waals surface area (Å²) in [7, 11) is 2.26. The molecule has 2 fully saturated rings. The molecule has 17 heavy (non-hydrogen) atoms. The van der Waals surface area contributed by atoms with E-state index in [1.54, 1.807) is 0 Å². The van der Waals surface area contributed by atoms with Gasteiger partial charge in [0.05, 0.1) is 0 Å². The van der Waals surface area contributed by atoms with E-state index >= 15 is 0 Å². The van der Waals surface area contributed by atoms with Crippen molar-refractivity contribution in [1.82, 2.24) is 4.90 Å². The summed E-state index contributed by atoms with van der Waals surface area (Å²) in [6, 6.07) is 1.39. The van der Waals surface area contributed by atoms with E-state index in [0.717, 1.165) is 25.7 Å². The lowest BCUT2D eigenvalue weighted by molar-refractivity contribution is -0.126. The molecule has 0 spiro atoms. The van der Waals surface area contributed by atoms with Crippen LogP contribution in [-0.2, 0) is 4.79 Å². The van der Waals surface area contributed by atoms with Gasteiger partial charge in [-0.3, -0.25) is 4.79 Å². The quantitative estimate of drug-likeness (QED) is 0.683. The Bertz CT molecular complexity index is 250. The Balaban J connectivity index is 1.84. The van der Waals surface area contributed by atoms with E-state index in [0.29, 0.717) is 23.8 Å². The molecule has 2 aliphatic rings. The van der Waals surface area contributed by atoms with E-state index in [1.165, 1.54) is 32.1 Å². The average molecular weight is 237 g/mol. The second-order valence-corrected chi connectivity index (χ2v) is 6.00. The van der Waals surface area contributed by atoms with Crippen molar-refractivity contribution in [2.75, 3.05) is 7.05 Å². The SMILES string of the molecule is CCCCCC(=O)C1CC2CCCC(C1)N2C. The number of unbranched alkanes of at least 4 members (excludes halogenated alkanes) is 2. The Morgan fingerprint density at radius 2 is 1.82 bits per heavy atom. The molecule has 0 aliphatic carbocycles. The maximum Gasteiger partial charge on any atom is 0.136 e. The summed E-state index contributed by atoms with van der Waals surface area (Å²) in [6.45, 7) is 2.20. The summed E-state index contributed by atoms with van der Waals surface area (Å²) in [6.07, 6.45) is 10.6. The zero-order chi connectivity index (χ0) is 12.3. The minimum atomic E-state index is 0.387. The van der Waals surface area contributed by atoms with Crippen molar-refractivity contribution in [2.45, 2.75) is 76.8 Å². The number of Topliss-reactive ketones (excluding diaryl/α,β-unsaturated/α-hetero) is 1. The van der Waals surface area contributed by atoms with Gasteiger partial charge in [0.1, 0.15) is 5.78 Å². The lowest BCUT2D eigenvalue weighted by Gasteiger charge is -2.46. The fourth-order valence-electron chi connectivity index (χ4n) is 3.63. The second-order valence-electron chi connectivity index (χ2n) is 6.00. The topological polar surface area (TPSA) is 20.3 Å². The third kappa shape index (κ3) is 3.09. The first-order chi connectivity index (χ1) is 8.22. The largest absolute Gasteiger partial charge is 0.300 e. The first kappa shape index (κ1) is 13.1. The summed E-state index contributed by atoms with van der Waals surface area (Å²) in [4.78, 5) is 14.7. The fourth-order valence-corrected chi connectivity index (χ4v) is 3.63. The molecule has 2 atom stereocenters. The van der Waals surface area contributed by atoms with E-state index in [9.17, 15) is 4.79 Å². The Morgan fingerprint density at radius 1 is 1.18 bits per heavy atom. The van der Waals surface area contributed by atoms with Crippen molar-refractivity contribution in [3.63, 3.8) is 0 Å². The molecule has 0 aromatic heterocycles. The molecule has 2 rings (SSSR count). The minimum Gasteiger partial charge on any atom is -0.300 e. The Morgan fingerprint density at radius 3 is 2.41 bits per heavy atom. The van der Waals surface area contributed by atoms with Gasteiger partial charge >= 0.3 is 0 Å². The smallest absolute Gasteiger partial charge is 0.136 e. The van der Waals surface area contributed by atoms with Gasteiger partial charge in [-0.25, -0.2) is 0 Å². The van der Waals surface area contributed by atoms with Gasteiger partial charge in [-0.2, -0.15) is 0 Å². The lowest BCUT2D eigenvalue weighted by atomic mass is 9.76. The van der Waals surface area contributed by atoms with E-state index in [-0.39, 0.29) is 0 Å². The van der Waals surface area contributed by atoms with Crippen LogP contribution >= 0.6 is 0 Å². The Labute approximate surface area is 106 Å². The highest BCUT2D eigenvalue weighted by Gasteiger charge is 2.38. The maximum absolute atomic E-state index is 12.2. The number of hydrogen-bond acceptors (Lipinski definition) is 2. The molecule has 2 aliphatic heterocycles. The van der Waals surface area contributed by atoms with Crippen molar-refractivity contribution >= 4 is 5.78 Å². The monoisotopic (exact) mass is 237 g/mol. The molecule has 2 heterocycles. The summed E-state index contributed by atoms with van der Waals surface area (Å²) in [5, 5.41) is 0. The number of nitrogens with zero attached hydrogens (tertiary/aromatic N) is 1. The average Bonchev–Trinajstić information content (AvgIpc) is 2.28. The van der Waals surface area contributed by atoms with Gasteiger partial charge in [-0.15, -0.1) is 0 Å². The Hall–Kier alpha value is -0.370. The summed E-state index contributed by atoms with van der Waals surface area (Å²) in [5.74, 6) is 0.946. The van der Waals surface area contributed by atoms with Crippen LogP contribution in [0.5, 0.6) is 0 Å². The predicted molar refractivity (Wildman–Crippen MR) is 71.1 cm³/mol. The van der Waals surface area contributed by atoms with Crippen molar-refractivity contribution in [1.29, 1.82) is 0 Å². The van der Waals surface area contributed by atoms with Crippen LogP contribution in [0.4, 0.5) is 0 Å². The van der Waals surface area contributed by atoms with Crippen LogP contribution in [-0.4, -0.2) is 29.8 Å². The number of piperidine rings is 2. The molecule has 2 unspecified atom stereocenters. The van der Waals surface area contributed by atoms with Gasteiger partial charge in [0.15, 0.2) is 0 Å². The minimum absolute atomic E-state index is 0.387. The number of hydrogen-bond donors (Lipinski definition) is 0. The molecular formula is C15H27NO. The molecule has 0 radical (unpaired) electrons.